The van der Waals surface area contributed by atoms with Crippen LogP contribution in [0.4, 0.5) is 0 Å². The molecule has 1 aliphatic heterocycles. The maximum absolute atomic E-state index is 5.64. The zero-order valence-electron chi connectivity index (χ0n) is 17.4. The summed E-state index contributed by atoms with van der Waals surface area (Å²) in [6.45, 7) is 5.94. The molecule has 0 amide bonds. The van der Waals surface area contributed by atoms with Crippen molar-refractivity contribution in [3.8, 4) is 0 Å². The van der Waals surface area contributed by atoms with Crippen molar-refractivity contribution in [3.63, 3.8) is 0 Å². The van der Waals surface area contributed by atoms with Gasteiger partial charge in [-0.2, -0.15) is 0 Å². The Morgan fingerprint density at radius 2 is 1.72 bits per heavy atom. The number of ether oxygens (including phenoxy) is 2. The SMILES string of the molecule is CN=C(NCc1ccccc1CN1CCOCC1)NCC(OC)c1ccccc1. The number of nitrogens with zero attached hydrogens (tertiary/aromatic N) is 2. The number of aliphatic imine (C=N–C) groups is 1. The summed E-state index contributed by atoms with van der Waals surface area (Å²) >= 11 is 0. The van der Waals surface area contributed by atoms with Crippen molar-refractivity contribution in [1.82, 2.24) is 15.5 Å². The lowest BCUT2D eigenvalue weighted by atomic mass is 10.1. The minimum atomic E-state index is -0.0247. The Balaban J connectivity index is 1.54. The van der Waals surface area contributed by atoms with Crippen molar-refractivity contribution < 1.29 is 9.47 Å². The van der Waals surface area contributed by atoms with Gasteiger partial charge in [-0.3, -0.25) is 9.89 Å². The Morgan fingerprint density at radius 1 is 1.03 bits per heavy atom. The fourth-order valence-electron chi connectivity index (χ4n) is 3.48. The highest BCUT2D eigenvalue weighted by atomic mass is 16.5. The summed E-state index contributed by atoms with van der Waals surface area (Å²) in [7, 11) is 3.52. The molecule has 0 aliphatic carbocycles. The van der Waals surface area contributed by atoms with Crippen molar-refractivity contribution in [1.29, 1.82) is 0 Å². The van der Waals surface area contributed by atoms with E-state index in [1.54, 1.807) is 14.2 Å². The highest BCUT2D eigenvalue weighted by Crippen LogP contribution is 2.15. The molecular formula is C23H32N4O2. The van der Waals surface area contributed by atoms with Gasteiger partial charge in [0.15, 0.2) is 5.96 Å². The van der Waals surface area contributed by atoms with Crippen molar-refractivity contribution >= 4 is 5.96 Å². The van der Waals surface area contributed by atoms with Crippen molar-refractivity contribution in [2.45, 2.75) is 19.2 Å². The molecule has 2 N–H and O–H groups in total. The fraction of sp³-hybridized carbons (Fsp3) is 0.435. The van der Waals surface area contributed by atoms with E-state index >= 15 is 0 Å². The van der Waals surface area contributed by atoms with Crippen LogP contribution in [0.2, 0.25) is 0 Å². The zero-order chi connectivity index (χ0) is 20.3. The van der Waals surface area contributed by atoms with E-state index in [4.69, 9.17) is 9.47 Å². The summed E-state index contributed by atoms with van der Waals surface area (Å²) in [6, 6.07) is 18.8. The molecule has 2 aromatic rings. The van der Waals surface area contributed by atoms with Crippen molar-refractivity contribution in [3.05, 3.63) is 71.3 Å². The fourth-order valence-corrected chi connectivity index (χ4v) is 3.48. The molecule has 0 radical (unpaired) electrons. The highest BCUT2D eigenvalue weighted by molar-refractivity contribution is 5.79. The molecule has 1 heterocycles. The van der Waals surface area contributed by atoms with Crippen molar-refractivity contribution in [2.24, 2.45) is 4.99 Å². The van der Waals surface area contributed by atoms with E-state index in [2.05, 4.69) is 56.9 Å². The second-order valence-corrected chi connectivity index (χ2v) is 7.10. The molecule has 0 saturated carbocycles. The quantitative estimate of drug-likeness (QED) is 0.531. The van der Waals surface area contributed by atoms with Gasteiger partial charge in [-0.05, 0) is 16.7 Å². The number of hydrogen-bond donors (Lipinski definition) is 2. The third kappa shape index (κ3) is 6.56. The first-order valence-corrected chi connectivity index (χ1v) is 10.2. The summed E-state index contributed by atoms with van der Waals surface area (Å²) < 4.78 is 11.1. The molecule has 1 saturated heterocycles. The van der Waals surface area contributed by atoms with Crippen LogP contribution in [0.3, 0.4) is 0 Å². The predicted molar refractivity (Wildman–Crippen MR) is 117 cm³/mol. The first kappa shape index (κ1) is 21.3. The lowest BCUT2D eigenvalue weighted by Gasteiger charge is -2.27. The van der Waals surface area contributed by atoms with Crippen LogP contribution < -0.4 is 10.6 Å². The number of rotatable bonds is 8. The lowest BCUT2D eigenvalue weighted by molar-refractivity contribution is 0.0341. The maximum atomic E-state index is 5.64. The minimum absolute atomic E-state index is 0.0247. The molecular weight excluding hydrogens is 364 g/mol. The zero-order valence-corrected chi connectivity index (χ0v) is 17.4. The molecule has 1 fully saturated rings. The smallest absolute Gasteiger partial charge is 0.191 e. The Hall–Kier alpha value is -2.41. The van der Waals surface area contributed by atoms with Gasteiger partial charge >= 0.3 is 0 Å². The minimum Gasteiger partial charge on any atom is -0.379 e. The maximum Gasteiger partial charge on any atom is 0.191 e. The second kappa shape index (κ2) is 11.6. The van der Waals surface area contributed by atoms with Gasteiger partial charge in [0.05, 0.1) is 19.3 Å². The molecule has 1 atom stereocenters. The third-order valence-corrected chi connectivity index (χ3v) is 5.20. The van der Waals surface area contributed by atoms with Gasteiger partial charge in [0.1, 0.15) is 0 Å². The summed E-state index contributed by atoms with van der Waals surface area (Å²) in [6.07, 6.45) is -0.0247. The Morgan fingerprint density at radius 3 is 2.41 bits per heavy atom. The largest absolute Gasteiger partial charge is 0.379 e. The van der Waals surface area contributed by atoms with Crippen LogP contribution in [-0.4, -0.2) is 57.9 Å². The number of benzene rings is 2. The van der Waals surface area contributed by atoms with E-state index in [9.17, 15) is 0 Å². The predicted octanol–water partition coefficient (Wildman–Crippen LogP) is 2.57. The van der Waals surface area contributed by atoms with E-state index in [-0.39, 0.29) is 6.10 Å². The van der Waals surface area contributed by atoms with Gasteiger partial charge in [-0.1, -0.05) is 54.6 Å². The summed E-state index contributed by atoms with van der Waals surface area (Å²) in [5.74, 6) is 0.768. The van der Waals surface area contributed by atoms with Gasteiger partial charge in [0.2, 0.25) is 0 Å². The normalized spacial score (nSPS) is 16.4. The van der Waals surface area contributed by atoms with Crippen LogP contribution >= 0.6 is 0 Å². The van der Waals surface area contributed by atoms with E-state index in [0.717, 1.165) is 50.9 Å². The number of nitrogens with one attached hydrogen (secondary N) is 2. The number of methoxy groups -OCH3 is 1. The monoisotopic (exact) mass is 396 g/mol. The molecule has 0 aromatic heterocycles. The van der Waals surface area contributed by atoms with Crippen molar-refractivity contribution in [2.75, 3.05) is 47.0 Å². The highest BCUT2D eigenvalue weighted by Gasteiger charge is 2.14. The molecule has 1 unspecified atom stereocenters. The van der Waals surface area contributed by atoms with Crippen LogP contribution in [0.5, 0.6) is 0 Å². The molecule has 2 aromatic carbocycles. The lowest BCUT2D eigenvalue weighted by Crippen LogP contribution is -2.39. The average molecular weight is 397 g/mol. The topological polar surface area (TPSA) is 58.1 Å². The Labute approximate surface area is 173 Å². The molecule has 3 rings (SSSR count). The van der Waals surface area contributed by atoms with E-state index in [1.807, 2.05) is 18.2 Å². The van der Waals surface area contributed by atoms with E-state index < -0.39 is 0 Å². The van der Waals surface area contributed by atoms with E-state index in [0.29, 0.717) is 6.54 Å². The number of morpholine rings is 1. The Bertz CT molecular complexity index is 760. The standard InChI is InChI=1S/C23H32N4O2/c1-24-23(26-17-22(28-2)19-8-4-3-5-9-19)25-16-20-10-6-7-11-21(20)18-27-12-14-29-15-13-27/h3-11,22H,12-18H2,1-2H3,(H2,24,25,26). The molecule has 1 aliphatic rings. The number of guanidine groups is 1. The molecule has 6 nitrogen and oxygen atoms in total. The van der Waals surface area contributed by atoms with Gasteiger partial charge in [0.25, 0.3) is 0 Å². The van der Waals surface area contributed by atoms with Gasteiger partial charge in [0, 0.05) is 46.9 Å². The molecule has 156 valence electrons. The summed E-state index contributed by atoms with van der Waals surface area (Å²) in [4.78, 5) is 6.80. The second-order valence-electron chi connectivity index (χ2n) is 7.10. The van der Waals surface area contributed by atoms with Gasteiger partial charge in [-0.25, -0.2) is 0 Å². The van der Waals surface area contributed by atoms with Crippen LogP contribution in [-0.2, 0) is 22.6 Å². The van der Waals surface area contributed by atoms with Crippen LogP contribution in [0.25, 0.3) is 0 Å². The summed E-state index contributed by atoms with van der Waals surface area (Å²) in [5.41, 5.74) is 3.78. The Kier molecular flexibility index (Phi) is 8.49. The molecule has 6 heteroatoms. The van der Waals surface area contributed by atoms with E-state index in [1.165, 1.54) is 11.1 Å². The first-order valence-electron chi connectivity index (χ1n) is 10.2. The molecule has 0 spiro atoms. The first-order chi connectivity index (χ1) is 14.3. The molecule has 0 bridgehead atoms. The third-order valence-electron chi connectivity index (χ3n) is 5.20. The summed E-state index contributed by atoms with van der Waals surface area (Å²) in [5, 5.41) is 6.81. The average Bonchev–Trinajstić information content (AvgIpc) is 2.78. The molecule has 29 heavy (non-hydrogen) atoms. The van der Waals surface area contributed by atoms with Crippen LogP contribution in [0.1, 0.15) is 22.8 Å². The van der Waals surface area contributed by atoms with Crippen LogP contribution in [0, 0.1) is 0 Å². The van der Waals surface area contributed by atoms with Crippen LogP contribution in [0.15, 0.2) is 59.6 Å². The number of hydrogen-bond acceptors (Lipinski definition) is 4. The van der Waals surface area contributed by atoms with Gasteiger partial charge < -0.3 is 20.1 Å². The van der Waals surface area contributed by atoms with Gasteiger partial charge in [-0.15, -0.1) is 0 Å².